The first kappa shape index (κ1) is 17.2. The molecule has 4 nitrogen and oxygen atoms in total. The lowest BCUT2D eigenvalue weighted by molar-refractivity contribution is -0.165. The number of aryl methyl sites for hydroxylation is 1. The van der Waals surface area contributed by atoms with Gasteiger partial charge < -0.3 is 14.7 Å². The van der Waals surface area contributed by atoms with Crippen LogP contribution in [0.25, 0.3) is 0 Å². The number of carbonyl (C=O) groups excluding carboxylic acids is 1. The number of hydrogen-bond acceptors (Lipinski definition) is 3. The molecule has 1 saturated heterocycles. The van der Waals surface area contributed by atoms with E-state index in [1.807, 2.05) is 42.2 Å². The molecule has 4 heteroatoms. The Morgan fingerprint density at radius 1 is 0.926 bits per heavy atom. The van der Waals surface area contributed by atoms with Crippen LogP contribution in [0.5, 0.6) is 11.5 Å². The number of likely N-dealkylation sites (tertiary alicyclic amines) is 1. The summed E-state index contributed by atoms with van der Waals surface area (Å²) in [5, 5.41) is 9.45. The molecule has 0 radical (unpaired) electrons. The summed E-state index contributed by atoms with van der Waals surface area (Å²) >= 11 is 0. The molecule has 1 heterocycles. The Morgan fingerprint density at radius 2 is 1.59 bits per heavy atom. The van der Waals surface area contributed by atoms with Gasteiger partial charge in [-0.05, 0) is 42.3 Å². The number of hydrogen-bond donors (Lipinski definition) is 1. The molecule has 27 heavy (non-hydrogen) atoms. The second-order valence-corrected chi connectivity index (χ2v) is 6.84. The van der Waals surface area contributed by atoms with Gasteiger partial charge in [-0.2, -0.15) is 0 Å². The first-order chi connectivity index (χ1) is 13.1. The van der Waals surface area contributed by atoms with Crippen LogP contribution in [0.4, 0.5) is 0 Å². The number of carbonyl (C=O) groups is 1. The lowest BCUT2D eigenvalue weighted by Gasteiger charge is -2.47. The highest BCUT2D eigenvalue weighted by Crippen LogP contribution is 2.39. The highest BCUT2D eigenvalue weighted by atomic mass is 16.5. The molecule has 0 saturated carbocycles. The monoisotopic (exact) mass is 359 g/mol. The summed E-state index contributed by atoms with van der Waals surface area (Å²) in [5.74, 6) is 0.711. The van der Waals surface area contributed by atoms with Crippen LogP contribution in [0, 0.1) is 6.92 Å². The number of rotatable bonds is 5. The SMILES string of the molecule is Cc1ccc([C@@H]2[C@H](Oc3ccc(O)cc3)C(=O)N2Cc2ccccc2)cc1. The number of β-lactam (4-membered cyclic amide) rings is 1. The van der Waals surface area contributed by atoms with Crippen molar-refractivity contribution in [3.8, 4) is 11.5 Å². The zero-order valence-electron chi connectivity index (χ0n) is 15.1. The maximum Gasteiger partial charge on any atom is 0.267 e. The van der Waals surface area contributed by atoms with Gasteiger partial charge in [0.2, 0.25) is 6.10 Å². The van der Waals surface area contributed by atoms with Crippen LogP contribution < -0.4 is 4.74 Å². The molecule has 0 bridgehead atoms. The fourth-order valence-electron chi connectivity index (χ4n) is 3.38. The molecular weight excluding hydrogens is 338 g/mol. The quantitative estimate of drug-likeness (QED) is 0.694. The van der Waals surface area contributed by atoms with E-state index in [1.54, 1.807) is 24.3 Å². The molecule has 1 aliphatic heterocycles. The van der Waals surface area contributed by atoms with Gasteiger partial charge in [-0.25, -0.2) is 0 Å². The number of benzene rings is 3. The van der Waals surface area contributed by atoms with Crippen molar-refractivity contribution in [3.05, 3.63) is 95.6 Å². The van der Waals surface area contributed by atoms with Crippen molar-refractivity contribution in [2.45, 2.75) is 25.6 Å². The zero-order valence-corrected chi connectivity index (χ0v) is 15.1. The third-order valence-corrected chi connectivity index (χ3v) is 4.86. The standard InChI is InChI=1S/C23H21NO3/c1-16-7-9-18(10-8-16)21-22(27-20-13-11-19(25)12-14-20)23(26)24(21)15-17-5-3-2-4-6-17/h2-14,21-22,25H,15H2,1H3/t21-,22+/m1/s1. The number of aromatic hydroxyl groups is 1. The van der Waals surface area contributed by atoms with E-state index in [1.165, 1.54) is 5.56 Å². The molecule has 136 valence electrons. The number of nitrogens with zero attached hydrogens (tertiary/aromatic N) is 1. The van der Waals surface area contributed by atoms with E-state index in [-0.39, 0.29) is 17.7 Å². The van der Waals surface area contributed by atoms with Crippen molar-refractivity contribution in [1.29, 1.82) is 0 Å². The molecule has 0 spiro atoms. The minimum absolute atomic E-state index is 0.0301. The van der Waals surface area contributed by atoms with Crippen molar-refractivity contribution in [2.24, 2.45) is 0 Å². The maximum absolute atomic E-state index is 12.8. The topological polar surface area (TPSA) is 49.8 Å². The Morgan fingerprint density at radius 3 is 2.26 bits per heavy atom. The third-order valence-electron chi connectivity index (χ3n) is 4.86. The van der Waals surface area contributed by atoms with Crippen molar-refractivity contribution < 1.29 is 14.6 Å². The zero-order chi connectivity index (χ0) is 18.8. The number of phenols is 1. The van der Waals surface area contributed by atoms with Crippen LogP contribution >= 0.6 is 0 Å². The highest BCUT2D eigenvalue weighted by molar-refractivity contribution is 5.89. The van der Waals surface area contributed by atoms with E-state index >= 15 is 0 Å². The Balaban J connectivity index is 1.60. The summed E-state index contributed by atoms with van der Waals surface area (Å²) in [6, 6.07) is 24.5. The smallest absolute Gasteiger partial charge is 0.267 e. The van der Waals surface area contributed by atoms with E-state index in [2.05, 4.69) is 24.3 Å². The van der Waals surface area contributed by atoms with Gasteiger partial charge in [-0.15, -0.1) is 0 Å². The molecule has 4 rings (SSSR count). The molecule has 1 N–H and O–H groups in total. The molecule has 2 atom stereocenters. The minimum Gasteiger partial charge on any atom is -0.508 e. The number of ether oxygens (including phenoxy) is 1. The van der Waals surface area contributed by atoms with Crippen LogP contribution in [0.3, 0.4) is 0 Å². The van der Waals surface area contributed by atoms with E-state index in [0.717, 1.165) is 11.1 Å². The van der Waals surface area contributed by atoms with Gasteiger partial charge in [0, 0.05) is 6.54 Å². The van der Waals surface area contributed by atoms with Gasteiger partial charge >= 0.3 is 0 Å². The normalized spacial score (nSPS) is 18.9. The van der Waals surface area contributed by atoms with Crippen molar-refractivity contribution >= 4 is 5.91 Å². The average Bonchev–Trinajstić information content (AvgIpc) is 2.70. The molecule has 3 aromatic rings. The van der Waals surface area contributed by atoms with Gasteiger partial charge in [0.25, 0.3) is 5.91 Å². The van der Waals surface area contributed by atoms with Gasteiger partial charge in [0.1, 0.15) is 17.5 Å². The molecule has 1 aliphatic rings. The molecule has 0 unspecified atom stereocenters. The van der Waals surface area contributed by atoms with Crippen LogP contribution in [0.1, 0.15) is 22.7 Å². The van der Waals surface area contributed by atoms with Gasteiger partial charge in [-0.3, -0.25) is 4.79 Å². The summed E-state index contributed by atoms with van der Waals surface area (Å²) in [4.78, 5) is 14.7. The Kier molecular flexibility index (Phi) is 4.55. The van der Waals surface area contributed by atoms with Crippen LogP contribution in [0.2, 0.25) is 0 Å². The van der Waals surface area contributed by atoms with E-state index in [4.69, 9.17) is 4.74 Å². The molecular formula is C23H21NO3. The first-order valence-electron chi connectivity index (χ1n) is 8.98. The summed E-state index contributed by atoms with van der Waals surface area (Å²) < 4.78 is 5.98. The lowest BCUT2D eigenvalue weighted by Crippen LogP contribution is -2.60. The molecule has 0 aliphatic carbocycles. The third kappa shape index (κ3) is 3.51. The Hall–Kier alpha value is -3.27. The summed E-state index contributed by atoms with van der Waals surface area (Å²) in [6.45, 7) is 2.59. The van der Waals surface area contributed by atoms with Gasteiger partial charge in [-0.1, -0.05) is 60.2 Å². The summed E-state index contributed by atoms with van der Waals surface area (Å²) in [6.07, 6.45) is -0.569. The first-order valence-corrected chi connectivity index (χ1v) is 8.98. The van der Waals surface area contributed by atoms with Crippen LogP contribution in [0.15, 0.2) is 78.9 Å². The van der Waals surface area contributed by atoms with Crippen molar-refractivity contribution in [1.82, 2.24) is 4.90 Å². The Bertz CT molecular complexity index is 920. The van der Waals surface area contributed by atoms with Crippen molar-refractivity contribution in [2.75, 3.05) is 0 Å². The van der Waals surface area contributed by atoms with E-state index < -0.39 is 6.10 Å². The number of phenolic OH excluding ortho intramolecular Hbond substituents is 1. The van der Waals surface area contributed by atoms with Crippen molar-refractivity contribution in [3.63, 3.8) is 0 Å². The fourth-order valence-corrected chi connectivity index (χ4v) is 3.38. The fraction of sp³-hybridized carbons (Fsp3) is 0.174. The molecule has 3 aromatic carbocycles. The average molecular weight is 359 g/mol. The lowest BCUT2D eigenvalue weighted by atomic mass is 9.89. The van der Waals surface area contributed by atoms with E-state index in [9.17, 15) is 9.90 Å². The minimum atomic E-state index is -0.569. The molecule has 0 aromatic heterocycles. The molecule has 1 amide bonds. The predicted octanol–water partition coefficient (Wildman–Crippen LogP) is 4.23. The van der Waals surface area contributed by atoms with Gasteiger partial charge in [0.05, 0.1) is 0 Å². The van der Waals surface area contributed by atoms with Crippen LogP contribution in [-0.4, -0.2) is 22.0 Å². The predicted molar refractivity (Wildman–Crippen MR) is 103 cm³/mol. The van der Waals surface area contributed by atoms with Crippen LogP contribution in [-0.2, 0) is 11.3 Å². The maximum atomic E-state index is 12.8. The largest absolute Gasteiger partial charge is 0.508 e. The summed E-state index contributed by atoms with van der Waals surface area (Å²) in [7, 11) is 0. The van der Waals surface area contributed by atoms with E-state index in [0.29, 0.717) is 12.3 Å². The Labute approximate surface area is 158 Å². The highest BCUT2D eigenvalue weighted by Gasteiger charge is 2.49. The summed E-state index contributed by atoms with van der Waals surface area (Å²) in [5.41, 5.74) is 3.32. The second-order valence-electron chi connectivity index (χ2n) is 6.84. The number of amides is 1. The molecule has 1 fully saturated rings. The van der Waals surface area contributed by atoms with Gasteiger partial charge in [0.15, 0.2) is 0 Å². The second kappa shape index (κ2) is 7.16.